The van der Waals surface area contributed by atoms with Crippen LogP contribution in [-0.4, -0.2) is 25.2 Å². The summed E-state index contributed by atoms with van der Waals surface area (Å²) in [5.41, 5.74) is 2.17. The van der Waals surface area contributed by atoms with Gasteiger partial charge in [-0.15, -0.1) is 0 Å². The van der Waals surface area contributed by atoms with Crippen LogP contribution in [-0.2, 0) is 11.3 Å². The van der Waals surface area contributed by atoms with Crippen LogP contribution in [0.15, 0.2) is 48.5 Å². The number of benzene rings is 2. The molecule has 0 saturated carbocycles. The molecule has 0 unspecified atom stereocenters. The summed E-state index contributed by atoms with van der Waals surface area (Å²) >= 11 is 0. The highest BCUT2D eigenvalue weighted by molar-refractivity contribution is 5.83. The predicted octanol–water partition coefficient (Wildman–Crippen LogP) is 2.59. The Kier molecular flexibility index (Phi) is 6.30. The van der Waals surface area contributed by atoms with Crippen molar-refractivity contribution in [3.8, 4) is 11.8 Å². The molecule has 1 amide bonds. The average Bonchev–Trinajstić information content (AvgIpc) is 2.64. The van der Waals surface area contributed by atoms with Gasteiger partial charge >= 0.3 is 6.09 Å². The molecule has 5 heteroatoms. The summed E-state index contributed by atoms with van der Waals surface area (Å²) in [5, 5.41) is 2.51. The lowest BCUT2D eigenvalue weighted by Crippen LogP contribution is -2.24. The van der Waals surface area contributed by atoms with Crippen LogP contribution in [0.5, 0.6) is 0 Å². The normalized spacial score (nSPS) is 9.33. The van der Waals surface area contributed by atoms with Crippen molar-refractivity contribution in [2.45, 2.75) is 6.61 Å². The highest BCUT2D eigenvalue weighted by atomic mass is 16.5. The van der Waals surface area contributed by atoms with Gasteiger partial charge in [-0.2, -0.15) is 0 Å². The fourth-order valence-electron chi connectivity index (χ4n) is 1.92. The van der Waals surface area contributed by atoms with Gasteiger partial charge in [0, 0.05) is 16.7 Å². The van der Waals surface area contributed by atoms with E-state index in [0.717, 1.165) is 5.56 Å². The number of nitrogens with one attached hydrogen (secondary N) is 1. The number of ether oxygens (including phenoxy) is 1. The second-order valence-electron chi connectivity index (χ2n) is 4.84. The van der Waals surface area contributed by atoms with Crippen LogP contribution in [0.25, 0.3) is 0 Å². The van der Waals surface area contributed by atoms with E-state index in [4.69, 9.17) is 4.74 Å². The Morgan fingerprint density at radius 2 is 1.71 bits per heavy atom. The maximum Gasteiger partial charge on any atom is 0.408 e. The molecule has 0 aliphatic carbocycles. The van der Waals surface area contributed by atoms with Gasteiger partial charge in [0.2, 0.25) is 0 Å². The standard InChI is InChI=1S/C19H15NO4/c21-12-17-9-16(10-18(11-17)13-22)7-4-8-20-19(23)24-14-15-5-2-1-3-6-15/h1-3,5-6,9-13H,8,14H2,(H,20,23). The molecule has 2 aromatic rings. The van der Waals surface area contributed by atoms with Crippen LogP contribution >= 0.6 is 0 Å². The summed E-state index contributed by atoms with van der Waals surface area (Å²) in [4.78, 5) is 33.1. The van der Waals surface area contributed by atoms with Crippen molar-refractivity contribution in [2.75, 3.05) is 6.54 Å². The lowest BCUT2D eigenvalue weighted by atomic mass is 10.1. The van der Waals surface area contributed by atoms with Gasteiger partial charge in [0.05, 0.1) is 6.54 Å². The molecule has 0 aliphatic heterocycles. The Bertz CT molecular complexity index is 762. The molecule has 120 valence electrons. The van der Waals surface area contributed by atoms with E-state index in [-0.39, 0.29) is 13.2 Å². The minimum atomic E-state index is -0.566. The van der Waals surface area contributed by atoms with E-state index in [1.807, 2.05) is 30.3 Å². The molecule has 0 aliphatic rings. The van der Waals surface area contributed by atoms with Gasteiger partial charge < -0.3 is 10.1 Å². The van der Waals surface area contributed by atoms with Crippen molar-refractivity contribution in [1.29, 1.82) is 0 Å². The Hall–Kier alpha value is -3.39. The molecule has 0 fully saturated rings. The SMILES string of the molecule is O=Cc1cc(C#CCNC(=O)OCc2ccccc2)cc(C=O)c1. The van der Waals surface area contributed by atoms with Crippen molar-refractivity contribution < 1.29 is 19.1 Å². The number of carbonyl (C=O) groups excluding carboxylic acids is 3. The first-order valence-corrected chi connectivity index (χ1v) is 7.20. The summed E-state index contributed by atoms with van der Waals surface area (Å²) in [6, 6.07) is 13.9. The van der Waals surface area contributed by atoms with E-state index in [9.17, 15) is 14.4 Å². The highest BCUT2D eigenvalue weighted by Gasteiger charge is 2.01. The Morgan fingerprint density at radius 1 is 1.04 bits per heavy atom. The number of hydrogen-bond donors (Lipinski definition) is 1. The van der Waals surface area contributed by atoms with Crippen molar-refractivity contribution in [3.05, 3.63) is 70.8 Å². The number of aldehydes is 2. The molecule has 0 aromatic heterocycles. The minimum Gasteiger partial charge on any atom is -0.445 e. The summed E-state index contributed by atoms with van der Waals surface area (Å²) in [6.07, 6.45) is 0.734. The molecule has 0 radical (unpaired) electrons. The lowest BCUT2D eigenvalue weighted by molar-refractivity contribution is 0.112. The molecule has 24 heavy (non-hydrogen) atoms. The third-order valence-electron chi connectivity index (χ3n) is 3.02. The predicted molar refractivity (Wildman–Crippen MR) is 88.7 cm³/mol. The van der Waals surface area contributed by atoms with Crippen LogP contribution < -0.4 is 5.32 Å². The zero-order valence-electron chi connectivity index (χ0n) is 12.8. The lowest BCUT2D eigenvalue weighted by Gasteiger charge is -2.04. The first-order chi connectivity index (χ1) is 11.7. The van der Waals surface area contributed by atoms with Crippen LogP contribution in [0.2, 0.25) is 0 Å². The largest absolute Gasteiger partial charge is 0.445 e. The molecular formula is C19H15NO4. The third-order valence-corrected chi connectivity index (χ3v) is 3.02. The smallest absolute Gasteiger partial charge is 0.408 e. The van der Waals surface area contributed by atoms with Crippen LogP contribution in [0, 0.1) is 11.8 Å². The number of amides is 1. The van der Waals surface area contributed by atoms with Crippen molar-refractivity contribution >= 4 is 18.7 Å². The highest BCUT2D eigenvalue weighted by Crippen LogP contribution is 2.06. The second-order valence-corrected chi connectivity index (χ2v) is 4.84. The summed E-state index contributed by atoms with van der Waals surface area (Å²) in [6.45, 7) is 0.277. The molecule has 0 bridgehead atoms. The van der Waals surface area contributed by atoms with E-state index >= 15 is 0 Å². The van der Waals surface area contributed by atoms with E-state index < -0.39 is 6.09 Å². The quantitative estimate of drug-likeness (QED) is 0.678. The van der Waals surface area contributed by atoms with Gasteiger partial charge in [-0.05, 0) is 23.8 Å². The number of rotatable bonds is 5. The molecule has 5 nitrogen and oxygen atoms in total. The topological polar surface area (TPSA) is 72.5 Å². The molecule has 0 saturated heterocycles. The first kappa shape index (κ1) is 17.0. The third kappa shape index (κ3) is 5.43. The zero-order chi connectivity index (χ0) is 17.2. The van der Waals surface area contributed by atoms with Gasteiger partial charge in [0.25, 0.3) is 0 Å². The van der Waals surface area contributed by atoms with Crippen LogP contribution in [0.1, 0.15) is 31.8 Å². The van der Waals surface area contributed by atoms with E-state index in [1.165, 1.54) is 6.07 Å². The Balaban J connectivity index is 1.84. The number of hydrogen-bond acceptors (Lipinski definition) is 4. The first-order valence-electron chi connectivity index (χ1n) is 7.20. The Morgan fingerprint density at radius 3 is 2.33 bits per heavy atom. The molecule has 2 rings (SSSR count). The Labute approximate surface area is 139 Å². The maximum atomic E-state index is 11.5. The van der Waals surface area contributed by atoms with Gasteiger partial charge in [-0.25, -0.2) is 4.79 Å². The van der Waals surface area contributed by atoms with Gasteiger partial charge in [-0.1, -0.05) is 42.2 Å². The van der Waals surface area contributed by atoms with Gasteiger partial charge in [-0.3, -0.25) is 9.59 Å². The van der Waals surface area contributed by atoms with Gasteiger partial charge in [0.15, 0.2) is 0 Å². The molecule has 0 atom stereocenters. The minimum absolute atomic E-state index is 0.0926. The molecular weight excluding hydrogens is 306 g/mol. The average molecular weight is 321 g/mol. The van der Waals surface area contributed by atoms with E-state index in [1.54, 1.807) is 12.1 Å². The number of alkyl carbamates (subject to hydrolysis) is 1. The monoisotopic (exact) mass is 321 g/mol. The maximum absolute atomic E-state index is 11.5. The van der Waals surface area contributed by atoms with E-state index in [0.29, 0.717) is 29.3 Å². The second kappa shape index (κ2) is 8.91. The molecule has 0 spiro atoms. The zero-order valence-corrected chi connectivity index (χ0v) is 12.8. The summed E-state index contributed by atoms with van der Waals surface area (Å²) in [5.74, 6) is 5.52. The van der Waals surface area contributed by atoms with Crippen LogP contribution in [0.3, 0.4) is 0 Å². The molecule has 0 heterocycles. The van der Waals surface area contributed by atoms with Crippen LogP contribution in [0.4, 0.5) is 4.79 Å². The van der Waals surface area contributed by atoms with Gasteiger partial charge in [0.1, 0.15) is 19.2 Å². The molecule has 2 aromatic carbocycles. The summed E-state index contributed by atoms with van der Waals surface area (Å²) < 4.78 is 5.04. The number of carbonyl (C=O) groups is 3. The van der Waals surface area contributed by atoms with Crippen molar-refractivity contribution in [3.63, 3.8) is 0 Å². The van der Waals surface area contributed by atoms with E-state index in [2.05, 4.69) is 17.2 Å². The van der Waals surface area contributed by atoms with Crippen molar-refractivity contribution in [2.24, 2.45) is 0 Å². The fourth-order valence-corrected chi connectivity index (χ4v) is 1.92. The fraction of sp³-hybridized carbons (Fsp3) is 0.105. The molecule has 1 N–H and O–H groups in total. The van der Waals surface area contributed by atoms with Crippen molar-refractivity contribution in [1.82, 2.24) is 5.32 Å². The summed E-state index contributed by atoms with van der Waals surface area (Å²) in [7, 11) is 0.